The van der Waals surface area contributed by atoms with Crippen molar-refractivity contribution >= 4 is 0 Å². The van der Waals surface area contributed by atoms with Crippen molar-refractivity contribution in [3.05, 3.63) is 0 Å². The standard InChI is InChI=1S/2Na.3H2O.4O.3Ti/h;;3*1H2;;;;;;;/q2*+1;;;;4*-2;;;/p-3. The summed E-state index contributed by atoms with van der Waals surface area (Å²) >= 11 is 0. The first-order valence-corrected chi connectivity index (χ1v) is 0. The van der Waals surface area contributed by atoms with Crippen molar-refractivity contribution in [3.63, 3.8) is 0 Å². The summed E-state index contributed by atoms with van der Waals surface area (Å²) < 4.78 is 0. The van der Waals surface area contributed by atoms with E-state index in [4.69, 9.17) is 0 Å². The largest absolute Gasteiger partial charge is 2.00 e. The molecule has 0 heterocycles. The summed E-state index contributed by atoms with van der Waals surface area (Å²) in [6, 6.07) is 0. The van der Waals surface area contributed by atoms with Crippen molar-refractivity contribution in [1.82, 2.24) is 0 Å². The molecule has 0 aliphatic heterocycles. The van der Waals surface area contributed by atoms with Crippen LogP contribution in [0.15, 0.2) is 0 Å². The first-order valence-electron chi connectivity index (χ1n) is 0. The maximum absolute atomic E-state index is 0. The fourth-order valence-corrected chi connectivity index (χ4v) is 0. The zero-order valence-corrected chi connectivity index (χ0v) is 15.2. The summed E-state index contributed by atoms with van der Waals surface area (Å²) in [5.41, 5.74) is 0. The molecule has 7 nitrogen and oxygen atoms in total. The predicted octanol–water partition coefficient (Wildman–Crippen LogP) is -7.01. The topological polar surface area (TPSA) is 204 Å². The molecule has 0 saturated heterocycles. The van der Waals surface area contributed by atoms with E-state index in [1.54, 1.807) is 0 Å². The van der Waals surface area contributed by atoms with Crippen molar-refractivity contribution < 1.29 is 163 Å². The van der Waals surface area contributed by atoms with E-state index < -0.39 is 0 Å². The number of rotatable bonds is 0. The van der Waals surface area contributed by atoms with Gasteiger partial charge in [-0.1, -0.05) is 0 Å². The quantitative estimate of drug-likeness (QED) is 0.400. The molecule has 0 rings (SSSR count). The summed E-state index contributed by atoms with van der Waals surface area (Å²) in [5, 5.41) is 0. The van der Waals surface area contributed by atoms with Gasteiger partial charge in [-0.2, -0.15) is 0 Å². The van der Waals surface area contributed by atoms with E-state index in [0.717, 1.165) is 0 Å². The fraction of sp³-hybridized carbons (Fsp3) is 0. The average Bonchev–Trinajstić information content (AvgIpc) is 0. The van der Waals surface area contributed by atoms with Gasteiger partial charge in [0.15, 0.2) is 0 Å². The van der Waals surface area contributed by atoms with E-state index in [1.165, 1.54) is 0 Å². The Kier molecular flexibility index (Phi) is 3750. The third kappa shape index (κ3) is 154. The minimum Gasteiger partial charge on any atom is -2.00 e. The van der Waals surface area contributed by atoms with Gasteiger partial charge < -0.3 is 38.3 Å². The Labute approximate surface area is 160 Å². The second-order valence-electron chi connectivity index (χ2n) is 0. The summed E-state index contributed by atoms with van der Waals surface area (Å²) in [7, 11) is 0. The van der Waals surface area contributed by atoms with Crippen molar-refractivity contribution in [2.45, 2.75) is 0 Å². The molecule has 0 aliphatic rings. The van der Waals surface area contributed by atoms with Gasteiger partial charge in [0.2, 0.25) is 0 Å². The van der Waals surface area contributed by atoms with Crippen LogP contribution in [0.1, 0.15) is 0 Å². The van der Waals surface area contributed by atoms with Crippen LogP contribution in [0.5, 0.6) is 0 Å². The van der Waals surface area contributed by atoms with Crippen molar-refractivity contribution in [2.75, 3.05) is 0 Å². The first-order chi connectivity index (χ1) is 0. The zero-order valence-electron chi connectivity index (χ0n) is 6.47. The van der Waals surface area contributed by atoms with Crippen LogP contribution in [0.4, 0.5) is 0 Å². The first kappa shape index (κ1) is 235. The van der Waals surface area contributed by atoms with Gasteiger partial charge in [-0.25, -0.2) is 0 Å². The van der Waals surface area contributed by atoms with E-state index in [9.17, 15) is 0 Å². The normalized spacial score (nSPS) is 0. The Bertz CT molecular complexity index is 16.6. The van der Waals surface area contributed by atoms with E-state index in [0.29, 0.717) is 0 Å². The molecule has 0 aliphatic carbocycles. The summed E-state index contributed by atoms with van der Waals surface area (Å²) in [6.07, 6.45) is 0. The molecule has 0 fully saturated rings. The summed E-state index contributed by atoms with van der Waals surface area (Å²) in [5.74, 6) is 0. The molecule has 12 heavy (non-hydrogen) atoms. The Hall–Kier alpha value is 3.86. The molecule has 3 N–H and O–H groups in total. The van der Waals surface area contributed by atoms with Crippen LogP contribution in [-0.2, 0) is 87.1 Å². The van der Waals surface area contributed by atoms with Crippen molar-refractivity contribution in [2.24, 2.45) is 0 Å². The molecule has 0 saturated carbocycles. The molecule has 0 atom stereocenters. The second kappa shape index (κ2) is 191. The van der Waals surface area contributed by atoms with Gasteiger partial charge in [-0.05, 0) is 0 Å². The molecule has 68 valence electrons. The third-order valence-corrected chi connectivity index (χ3v) is 0. The van der Waals surface area contributed by atoms with Gasteiger partial charge in [0, 0.05) is 65.2 Å². The maximum atomic E-state index is 0. The fourth-order valence-electron chi connectivity index (χ4n) is 0. The van der Waals surface area contributed by atoms with Gasteiger partial charge in [0.1, 0.15) is 0 Å². The number of hydrogen-bond donors (Lipinski definition) is 0. The summed E-state index contributed by atoms with van der Waals surface area (Å²) in [4.78, 5) is 0. The van der Waals surface area contributed by atoms with Gasteiger partial charge in [0.05, 0.1) is 0 Å². The number of hydrogen-bond acceptors (Lipinski definition) is 3. The molecule has 0 amide bonds. The van der Waals surface area contributed by atoms with Crippen LogP contribution < -0.4 is 59.1 Å². The molecule has 0 unspecified atom stereocenters. The van der Waals surface area contributed by atoms with Gasteiger partial charge >= 0.3 is 59.1 Å². The molecule has 0 spiro atoms. The smallest absolute Gasteiger partial charge is 1.00 e. The zero-order chi connectivity index (χ0) is 0. The van der Waals surface area contributed by atoms with E-state index >= 15 is 0 Å². The third-order valence-electron chi connectivity index (χ3n) is 0. The monoisotopic (exact) mass is 305 g/mol. The molecule has 0 aromatic heterocycles. The van der Waals surface area contributed by atoms with Crippen LogP contribution in [0.25, 0.3) is 0 Å². The minimum atomic E-state index is 0. The Balaban J connectivity index is 0. The van der Waals surface area contributed by atoms with Crippen LogP contribution >= 0.6 is 0 Å². The Morgan fingerprint density at radius 3 is 0.333 bits per heavy atom. The van der Waals surface area contributed by atoms with Crippen molar-refractivity contribution in [3.8, 4) is 0 Å². The van der Waals surface area contributed by atoms with Crippen LogP contribution in [-0.4, -0.2) is 16.4 Å². The molecular weight excluding hydrogens is 302 g/mol. The van der Waals surface area contributed by atoms with Crippen LogP contribution in [0.2, 0.25) is 0 Å². The average molecular weight is 305 g/mol. The Morgan fingerprint density at radius 1 is 0.333 bits per heavy atom. The summed E-state index contributed by atoms with van der Waals surface area (Å²) in [6.45, 7) is 0. The van der Waals surface area contributed by atoms with Crippen LogP contribution in [0, 0.1) is 0 Å². The van der Waals surface area contributed by atoms with E-state index in [1.807, 2.05) is 0 Å². The molecular formula is H3Na2O7Ti3-9. The maximum Gasteiger partial charge on any atom is 1.00 e. The molecule has 0 bridgehead atoms. The molecule has 0 radical (unpaired) electrons. The van der Waals surface area contributed by atoms with E-state index in [-0.39, 0.29) is 163 Å². The molecule has 0 aromatic rings. The van der Waals surface area contributed by atoms with Crippen molar-refractivity contribution in [1.29, 1.82) is 0 Å². The molecule has 0 aromatic carbocycles. The predicted molar refractivity (Wildman–Crippen MR) is 8.55 cm³/mol. The van der Waals surface area contributed by atoms with Gasteiger partial charge in [-0.3, -0.25) is 0 Å². The Morgan fingerprint density at radius 2 is 0.333 bits per heavy atom. The van der Waals surface area contributed by atoms with Gasteiger partial charge in [0.25, 0.3) is 0 Å². The van der Waals surface area contributed by atoms with Crippen LogP contribution in [0.3, 0.4) is 0 Å². The molecule has 12 heteroatoms. The van der Waals surface area contributed by atoms with E-state index in [2.05, 4.69) is 0 Å². The second-order valence-corrected chi connectivity index (χ2v) is 0. The minimum absolute atomic E-state index is 0. The van der Waals surface area contributed by atoms with Gasteiger partial charge in [-0.15, -0.1) is 0 Å². The SMILES string of the molecule is [Na+].[Na+].[O-2].[O-2].[O-2].[O-2].[OH-].[OH-].[OH-].[Ti].[Ti].[Ti].